The van der Waals surface area contributed by atoms with Crippen LogP contribution in [0.25, 0.3) is 0 Å². The number of hydrogen-bond donors (Lipinski definition) is 2. The number of likely N-dealkylation sites (tertiary alicyclic amines) is 1. The van der Waals surface area contributed by atoms with Crippen LogP contribution in [0.5, 0.6) is 0 Å². The lowest BCUT2D eigenvalue weighted by Gasteiger charge is -2.35. The molecule has 2 fully saturated rings. The Morgan fingerprint density at radius 2 is 2.06 bits per heavy atom. The molecule has 3 heteroatoms. The zero-order chi connectivity index (χ0) is 12.1. The fourth-order valence-electron chi connectivity index (χ4n) is 3.36. The lowest BCUT2D eigenvalue weighted by molar-refractivity contribution is -0.0118. The third kappa shape index (κ3) is 4.23. The van der Waals surface area contributed by atoms with Gasteiger partial charge in [0.15, 0.2) is 0 Å². The van der Waals surface area contributed by atoms with Crippen LogP contribution in [0.15, 0.2) is 0 Å². The normalized spacial score (nSPS) is 35.3. The summed E-state index contributed by atoms with van der Waals surface area (Å²) in [5.74, 6) is 0.689. The van der Waals surface area contributed by atoms with Gasteiger partial charge in [0.2, 0.25) is 0 Å². The van der Waals surface area contributed by atoms with E-state index in [4.69, 9.17) is 0 Å². The van der Waals surface area contributed by atoms with Gasteiger partial charge >= 0.3 is 0 Å². The summed E-state index contributed by atoms with van der Waals surface area (Å²) < 4.78 is 0. The van der Waals surface area contributed by atoms with E-state index in [2.05, 4.69) is 17.1 Å². The second-order valence-corrected chi connectivity index (χ2v) is 6.15. The molecule has 0 aromatic carbocycles. The van der Waals surface area contributed by atoms with Crippen LogP contribution < -0.4 is 5.32 Å². The van der Waals surface area contributed by atoms with E-state index in [9.17, 15) is 5.11 Å². The van der Waals surface area contributed by atoms with Crippen molar-refractivity contribution in [2.45, 2.75) is 51.0 Å². The van der Waals surface area contributed by atoms with E-state index >= 15 is 0 Å². The van der Waals surface area contributed by atoms with E-state index in [0.717, 1.165) is 32.5 Å². The molecule has 100 valence electrons. The smallest absolute Gasteiger partial charge is 0.0774 e. The van der Waals surface area contributed by atoms with Gasteiger partial charge in [0.05, 0.1) is 5.60 Å². The van der Waals surface area contributed by atoms with Gasteiger partial charge in [-0.2, -0.15) is 0 Å². The minimum absolute atomic E-state index is 0.428. The molecule has 0 amide bonds. The van der Waals surface area contributed by atoms with Crippen LogP contribution in [0.4, 0.5) is 0 Å². The fraction of sp³-hybridized carbons (Fsp3) is 1.00. The molecule has 3 nitrogen and oxygen atoms in total. The van der Waals surface area contributed by atoms with Crippen LogP contribution >= 0.6 is 0 Å². The van der Waals surface area contributed by atoms with Gasteiger partial charge in [-0.3, -0.25) is 0 Å². The minimum atomic E-state index is -0.428. The van der Waals surface area contributed by atoms with E-state index < -0.39 is 5.60 Å². The van der Waals surface area contributed by atoms with Gasteiger partial charge in [-0.25, -0.2) is 0 Å². The van der Waals surface area contributed by atoms with Crippen molar-refractivity contribution >= 4 is 0 Å². The Balaban J connectivity index is 1.60. The van der Waals surface area contributed by atoms with E-state index in [1.54, 1.807) is 0 Å². The average molecular weight is 240 g/mol. The number of rotatable bonds is 5. The maximum Gasteiger partial charge on any atom is 0.0774 e. The first-order valence-corrected chi connectivity index (χ1v) is 7.33. The van der Waals surface area contributed by atoms with Gasteiger partial charge in [0, 0.05) is 19.6 Å². The Labute approximate surface area is 106 Å². The first-order chi connectivity index (χ1) is 8.18. The number of nitrogens with one attached hydrogen (secondary N) is 1. The van der Waals surface area contributed by atoms with E-state index in [1.165, 1.54) is 38.8 Å². The molecule has 0 radical (unpaired) electrons. The van der Waals surface area contributed by atoms with Gasteiger partial charge in [-0.1, -0.05) is 19.8 Å². The Morgan fingerprint density at radius 1 is 1.29 bits per heavy atom. The first-order valence-electron chi connectivity index (χ1n) is 7.33. The minimum Gasteiger partial charge on any atom is -0.389 e. The Hall–Kier alpha value is -0.120. The monoisotopic (exact) mass is 240 g/mol. The SMILES string of the molecule is CC1CCCC(O)(CNCCN2CCCC2)C1. The molecule has 1 saturated carbocycles. The topological polar surface area (TPSA) is 35.5 Å². The van der Waals surface area contributed by atoms with Crippen LogP contribution in [0, 0.1) is 5.92 Å². The molecule has 2 N–H and O–H groups in total. The van der Waals surface area contributed by atoms with E-state index in [1.807, 2.05) is 0 Å². The number of nitrogens with zero attached hydrogens (tertiary/aromatic N) is 1. The standard InChI is InChI=1S/C14H28N2O/c1-13-5-4-6-14(17,11-13)12-15-7-10-16-8-2-3-9-16/h13,15,17H,2-12H2,1H3. The molecule has 1 aliphatic heterocycles. The lowest BCUT2D eigenvalue weighted by Crippen LogP contribution is -2.45. The van der Waals surface area contributed by atoms with E-state index in [0.29, 0.717) is 5.92 Å². The van der Waals surface area contributed by atoms with Crippen LogP contribution in [0.1, 0.15) is 45.4 Å². The van der Waals surface area contributed by atoms with Crippen molar-refractivity contribution in [2.75, 3.05) is 32.7 Å². The highest BCUT2D eigenvalue weighted by Crippen LogP contribution is 2.31. The molecule has 17 heavy (non-hydrogen) atoms. The second-order valence-electron chi connectivity index (χ2n) is 6.15. The fourth-order valence-corrected chi connectivity index (χ4v) is 3.36. The zero-order valence-corrected chi connectivity index (χ0v) is 11.2. The second kappa shape index (κ2) is 6.17. The van der Waals surface area contributed by atoms with Crippen molar-refractivity contribution < 1.29 is 5.11 Å². The average Bonchev–Trinajstić information content (AvgIpc) is 2.77. The van der Waals surface area contributed by atoms with Crippen molar-refractivity contribution in [1.29, 1.82) is 0 Å². The summed E-state index contributed by atoms with van der Waals surface area (Å²) in [6, 6.07) is 0. The Kier molecular flexibility index (Phi) is 4.83. The summed E-state index contributed by atoms with van der Waals surface area (Å²) in [4.78, 5) is 2.51. The molecule has 0 aromatic heterocycles. The van der Waals surface area contributed by atoms with Gasteiger partial charge < -0.3 is 15.3 Å². The van der Waals surface area contributed by atoms with Crippen molar-refractivity contribution in [2.24, 2.45) is 5.92 Å². The van der Waals surface area contributed by atoms with Gasteiger partial charge in [-0.15, -0.1) is 0 Å². The highest BCUT2D eigenvalue weighted by molar-refractivity contribution is 4.87. The quantitative estimate of drug-likeness (QED) is 0.717. The third-order valence-corrected chi connectivity index (χ3v) is 4.33. The van der Waals surface area contributed by atoms with Crippen LogP contribution in [0.3, 0.4) is 0 Å². The summed E-state index contributed by atoms with van der Waals surface area (Å²) in [6.07, 6.45) is 7.15. The molecule has 0 bridgehead atoms. The molecular formula is C14H28N2O. The summed E-state index contributed by atoms with van der Waals surface area (Å²) in [5.41, 5.74) is -0.428. The van der Waals surface area contributed by atoms with Crippen molar-refractivity contribution in [1.82, 2.24) is 10.2 Å². The summed E-state index contributed by atoms with van der Waals surface area (Å²) >= 11 is 0. The first kappa shape index (κ1) is 13.3. The van der Waals surface area contributed by atoms with Gasteiger partial charge in [0.25, 0.3) is 0 Å². The maximum absolute atomic E-state index is 10.5. The summed E-state index contributed by atoms with van der Waals surface area (Å²) in [7, 11) is 0. The van der Waals surface area contributed by atoms with Gasteiger partial charge in [-0.05, 0) is 44.7 Å². The largest absolute Gasteiger partial charge is 0.389 e. The molecule has 2 aliphatic rings. The van der Waals surface area contributed by atoms with Crippen LogP contribution in [0.2, 0.25) is 0 Å². The summed E-state index contributed by atoms with van der Waals surface area (Å²) in [6.45, 7) is 7.74. The predicted molar refractivity (Wildman–Crippen MR) is 71.1 cm³/mol. The van der Waals surface area contributed by atoms with Crippen molar-refractivity contribution in [3.8, 4) is 0 Å². The van der Waals surface area contributed by atoms with Crippen LogP contribution in [-0.4, -0.2) is 48.3 Å². The molecule has 0 aromatic rings. The highest BCUT2D eigenvalue weighted by Gasteiger charge is 2.31. The molecule has 1 heterocycles. The van der Waals surface area contributed by atoms with E-state index in [-0.39, 0.29) is 0 Å². The Morgan fingerprint density at radius 3 is 2.76 bits per heavy atom. The number of aliphatic hydroxyl groups is 1. The van der Waals surface area contributed by atoms with Crippen LogP contribution in [-0.2, 0) is 0 Å². The Bertz CT molecular complexity index is 228. The third-order valence-electron chi connectivity index (χ3n) is 4.33. The maximum atomic E-state index is 10.5. The molecule has 1 saturated heterocycles. The van der Waals surface area contributed by atoms with Crippen molar-refractivity contribution in [3.05, 3.63) is 0 Å². The van der Waals surface area contributed by atoms with Crippen molar-refractivity contribution in [3.63, 3.8) is 0 Å². The predicted octanol–water partition coefficient (Wildman–Crippen LogP) is 1.61. The van der Waals surface area contributed by atoms with Gasteiger partial charge in [0.1, 0.15) is 0 Å². The molecule has 1 aliphatic carbocycles. The zero-order valence-electron chi connectivity index (χ0n) is 11.2. The highest BCUT2D eigenvalue weighted by atomic mass is 16.3. The molecule has 0 spiro atoms. The molecular weight excluding hydrogens is 212 g/mol. The summed E-state index contributed by atoms with van der Waals surface area (Å²) in [5, 5.41) is 13.9. The lowest BCUT2D eigenvalue weighted by atomic mass is 9.79. The molecule has 2 rings (SSSR count). The number of hydrogen-bond acceptors (Lipinski definition) is 3. The molecule has 2 atom stereocenters. The molecule has 2 unspecified atom stereocenters.